The number of hydrogen-bond donors (Lipinski definition) is 2. The fraction of sp³-hybridized carbons (Fsp3) is 0.355. The van der Waals surface area contributed by atoms with Crippen molar-refractivity contribution in [2.45, 2.75) is 52.0 Å². The number of carbonyl (C=O) groups excluding carboxylic acids is 1. The van der Waals surface area contributed by atoms with Crippen LogP contribution in [0.4, 0.5) is 5.69 Å². The maximum absolute atomic E-state index is 13.6. The maximum Gasteiger partial charge on any atom is 0.263 e. The molecule has 0 aliphatic heterocycles. The second-order valence-corrected chi connectivity index (χ2v) is 10.6. The van der Waals surface area contributed by atoms with Crippen LogP contribution in [-0.4, -0.2) is 31.7 Å². The molecule has 4 aromatic rings. The fourth-order valence-electron chi connectivity index (χ4n) is 5.30. The number of carbonyl (C=O) groups is 1. The third-order valence-corrected chi connectivity index (χ3v) is 8.23. The minimum Gasteiger partial charge on any atom is -0.493 e. The van der Waals surface area contributed by atoms with E-state index in [9.17, 15) is 4.79 Å². The molecule has 1 amide bonds. The van der Waals surface area contributed by atoms with Gasteiger partial charge >= 0.3 is 0 Å². The third kappa shape index (κ3) is 5.34. The molecule has 1 aliphatic rings. The van der Waals surface area contributed by atoms with E-state index in [4.69, 9.17) is 14.5 Å². The highest BCUT2D eigenvalue weighted by molar-refractivity contribution is 7.21. The topological polar surface area (TPSA) is 72.5 Å². The summed E-state index contributed by atoms with van der Waals surface area (Å²) < 4.78 is 10.8. The van der Waals surface area contributed by atoms with Crippen molar-refractivity contribution in [2.24, 2.45) is 0 Å². The first kappa shape index (κ1) is 26.0. The molecule has 2 aromatic heterocycles. The Labute approximate surface area is 228 Å². The van der Waals surface area contributed by atoms with Crippen LogP contribution in [-0.2, 0) is 32.2 Å². The lowest BCUT2D eigenvalue weighted by molar-refractivity contribution is 0.0959. The van der Waals surface area contributed by atoms with Crippen LogP contribution in [0.5, 0.6) is 11.5 Å². The van der Waals surface area contributed by atoms with Crippen molar-refractivity contribution < 1.29 is 14.3 Å². The summed E-state index contributed by atoms with van der Waals surface area (Å²) in [6.45, 7) is 3.38. The van der Waals surface area contributed by atoms with Gasteiger partial charge in [-0.3, -0.25) is 4.79 Å². The molecule has 0 atom stereocenters. The van der Waals surface area contributed by atoms with E-state index in [1.54, 1.807) is 14.2 Å². The molecule has 0 radical (unpaired) electrons. The lowest BCUT2D eigenvalue weighted by Crippen LogP contribution is -2.25. The predicted molar refractivity (Wildman–Crippen MR) is 155 cm³/mol. The van der Waals surface area contributed by atoms with Gasteiger partial charge in [-0.1, -0.05) is 49.7 Å². The Hall–Kier alpha value is -3.58. The Morgan fingerprint density at radius 3 is 2.53 bits per heavy atom. The quantitative estimate of drug-likeness (QED) is 0.237. The zero-order valence-electron chi connectivity index (χ0n) is 22.4. The van der Waals surface area contributed by atoms with Gasteiger partial charge in [-0.05, 0) is 66.5 Å². The molecule has 198 valence electrons. The van der Waals surface area contributed by atoms with Crippen LogP contribution in [0.3, 0.4) is 0 Å². The van der Waals surface area contributed by atoms with Gasteiger partial charge in [-0.2, -0.15) is 0 Å². The summed E-state index contributed by atoms with van der Waals surface area (Å²) in [5, 5.41) is 7.92. The smallest absolute Gasteiger partial charge is 0.263 e. The molecule has 0 spiro atoms. The van der Waals surface area contributed by atoms with E-state index in [1.807, 2.05) is 36.4 Å². The maximum atomic E-state index is 13.6. The van der Waals surface area contributed by atoms with Crippen LogP contribution >= 0.6 is 11.3 Å². The molecule has 0 bridgehead atoms. The lowest BCUT2D eigenvalue weighted by atomic mass is 10.0. The number of ether oxygens (including phenoxy) is 2. The van der Waals surface area contributed by atoms with Gasteiger partial charge in [0.25, 0.3) is 5.91 Å². The van der Waals surface area contributed by atoms with Crippen LogP contribution in [0.1, 0.15) is 57.4 Å². The monoisotopic (exact) mass is 529 g/mol. The number of thiophene rings is 1. The van der Waals surface area contributed by atoms with Crippen LogP contribution in [0, 0.1) is 0 Å². The van der Waals surface area contributed by atoms with Crippen molar-refractivity contribution in [3.63, 3.8) is 0 Å². The number of fused-ring (bicyclic) bond motifs is 3. The van der Waals surface area contributed by atoms with Gasteiger partial charge in [0.1, 0.15) is 9.71 Å². The molecule has 0 fully saturated rings. The largest absolute Gasteiger partial charge is 0.493 e. The van der Waals surface area contributed by atoms with E-state index in [1.165, 1.54) is 33.7 Å². The Morgan fingerprint density at radius 1 is 0.974 bits per heavy atom. The van der Waals surface area contributed by atoms with Crippen molar-refractivity contribution in [3.05, 3.63) is 81.4 Å². The molecule has 2 N–H and O–H groups in total. The van der Waals surface area contributed by atoms with Gasteiger partial charge in [-0.15, -0.1) is 11.3 Å². The Kier molecular flexibility index (Phi) is 8.13. The molecule has 0 saturated carbocycles. The van der Waals surface area contributed by atoms with Gasteiger partial charge in [-0.25, -0.2) is 4.98 Å². The number of benzene rings is 2. The number of nitrogens with zero attached hydrogens (tertiary/aromatic N) is 1. The second-order valence-electron chi connectivity index (χ2n) is 9.64. The van der Waals surface area contributed by atoms with Crippen molar-refractivity contribution in [2.75, 3.05) is 26.1 Å². The predicted octanol–water partition coefficient (Wildman–Crippen LogP) is 6.34. The van der Waals surface area contributed by atoms with E-state index >= 15 is 0 Å². The molecule has 1 aliphatic carbocycles. The van der Waals surface area contributed by atoms with Crippen LogP contribution < -0.4 is 20.1 Å². The van der Waals surface area contributed by atoms with E-state index in [2.05, 4.69) is 29.7 Å². The average Bonchev–Trinajstić information content (AvgIpc) is 3.57. The number of methoxy groups -OCH3 is 2. The number of rotatable bonds is 11. The molecule has 5 rings (SSSR count). The number of anilines is 1. The second kappa shape index (κ2) is 11.9. The number of pyridine rings is 1. The molecular formula is C31H35N3O3S. The van der Waals surface area contributed by atoms with Crippen LogP contribution in [0.25, 0.3) is 10.2 Å². The number of aromatic nitrogens is 1. The highest BCUT2D eigenvalue weighted by Gasteiger charge is 2.27. The van der Waals surface area contributed by atoms with Gasteiger partial charge < -0.3 is 20.1 Å². The summed E-state index contributed by atoms with van der Waals surface area (Å²) in [7, 11) is 3.26. The number of hydrogen-bond acceptors (Lipinski definition) is 6. The van der Waals surface area contributed by atoms with Gasteiger partial charge in [0, 0.05) is 24.2 Å². The van der Waals surface area contributed by atoms with Gasteiger partial charge in [0.15, 0.2) is 11.5 Å². The zero-order chi connectivity index (χ0) is 26.5. The van der Waals surface area contributed by atoms with Crippen molar-refractivity contribution >= 4 is 33.1 Å². The molecular weight excluding hydrogens is 494 g/mol. The van der Waals surface area contributed by atoms with E-state index in [-0.39, 0.29) is 5.91 Å². The van der Waals surface area contributed by atoms with Gasteiger partial charge in [0.05, 0.1) is 19.9 Å². The standard InChI is InChI=1S/C31H35N3O3S/c1-4-9-24-22-12-8-13-23(22)27-28(33-19-21-10-6-5-7-11-21)29(38-31(27)34-24)30(35)32-17-16-20-14-15-25(36-2)26(18-20)37-3/h5-7,10-11,14-15,18,33H,4,8-9,12-13,16-17,19H2,1-3H3,(H,32,35). The third-order valence-electron chi connectivity index (χ3n) is 7.15. The summed E-state index contributed by atoms with van der Waals surface area (Å²) in [4.78, 5) is 20.3. The summed E-state index contributed by atoms with van der Waals surface area (Å²) >= 11 is 1.51. The molecule has 7 heteroatoms. The zero-order valence-corrected chi connectivity index (χ0v) is 23.2. The molecule has 0 saturated heterocycles. The first-order valence-corrected chi connectivity index (χ1v) is 14.2. The van der Waals surface area contributed by atoms with E-state index in [0.29, 0.717) is 35.9 Å². The summed E-state index contributed by atoms with van der Waals surface area (Å²) in [5.74, 6) is 1.33. The molecule has 2 heterocycles. The summed E-state index contributed by atoms with van der Waals surface area (Å²) in [5.41, 5.74) is 7.18. The van der Waals surface area contributed by atoms with Gasteiger partial charge in [0.2, 0.25) is 0 Å². The minimum atomic E-state index is -0.0622. The highest BCUT2D eigenvalue weighted by atomic mass is 32.1. The van der Waals surface area contributed by atoms with Crippen molar-refractivity contribution in [3.8, 4) is 11.5 Å². The highest BCUT2D eigenvalue weighted by Crippen LogP contribution is 2.42. The molecule has 38 heavy (non-hydrogen) atoms. The van der Waals surface area contributed by atoms with Crippen LogP contribution in [0.2, 0.25) is 0 Å². The van der Waals surface area contributed by atoms with Crippen molar-refractivity contribution in [1.82, 2.24) is 10.3 Å². The lowest BCUT2D eigenvalue weighted by Gasteiger charge is -2.13. The normalized spacial score (nSPS) is 12.4. The SMILES string of the molecule is CCCc1nc2sc(C(=O)NCCc3ccc(OC)c(OC)c3)c(NCc3ccccc3)c2c2c1CCC2. The number of aryl methyl sites for hydroxylation is 2. The number of nitrogens with one attached hydrogen (secondary N) is 2. The number of amides is 1. The Balaban J connectivity index is 1.42. The molecule has 0 unspecified atom stereocenters. The first-order valence-electron chi connectivity index (χ1n) is 13.4. The Bertz CT molecular complexity index is 1430. The molecule has 2 aromatic carbocycles. The van der Waals surface area contributed by atoms with Crippen LogP contribution in [0.15, 0.2) is 48.5 Å². The van der Waals surface area contributed by atoms with E-state index < -0.39 is 0 Å². The van der Waals surface area contributed by atoms with E-state index in [0.717, 1.165) is 53.6 Å². The summed E-state index contributed by atoms with van der Waals surface area (Å²) in [6, 6.07) is 16.2. The average molecular weight is 530 g/mol. The minimum absolute atomic E-state index is 0.0622. The molecule has 6 nitrogen and oxygen atoms in total. The Morgan fingerprint density at radius 2 is 1.76 bits per heavy atom. The summed E-state index contributed by atoms with van der Waals surface area (Å²) in [6.07, 6.45) is 6.01. The fourth-order valence-corrected chi connectivity index (χ4v) is 6.42. The van der Waals surface area contributed by atoms with Crippen molar-refractivity contribution in [1.29, 1.82) is 0 Å². The first-order chi connectivity index (χ1) is 18.6.